The Morgan fingerprint density at radius 2 is 1.27 bits per heavy atom. The van der Waals surface area contributed by atoms with Crippen LogP contribution in [0.4, 0.5) is 0 Å². The fourth-order valence-corrected chi connectivity index (χ4v) is 3.15. The highest BCUT2D eigenvalue weighted by Crippen LogP contribution is 2.27. The molecule has 148 valence electrons. The van der Waals surface area contributed by atoms with Crippen molar-refractivity contribution >= 4 is 5.91 Å². The Bertz CT molecular complexity index is 480. The molecule has 0 aliphatic rings. The van der Waals surface area contributed by atoms with Gasteiger partial charge in [0, 0.05) is 6.54 Å². The van der Waals surface area contributed by atoms with E-state index < -0.39 is 0 Å². The van der Waals surface area contributed by atoms with E-state index in [1.165, 1.54) is 64.2 Å². The van der Waals surface area contributed by atoms with Crippen LogP contribution in [0.1, 0.15) is 87.9 Å². The number of ether oxygens (including phenoxy) is 2. The number of nitrogens with one attached hydrogen (secondary N) is 1. The van der Waals surface area contributed by atoms with Crippen molar-refractivity contribution in [1.29, 1.82) is 0 Å². The Morgan fingerprint density at radius 3 is 1.73 bits per heavy atom. The molecule has 0 aromatic heterocycles. The Kier molecular flexibility index (Phi) is 12.4. The number of hydrogen-bond donors (Lipinski definition) is 1. The number of carbonyl (C=O) groups excluding carboxylic acids is 1. The van der Waals surface area contributed by atoms with Crippen molar-refractivity contribution < 1.29 is 14.3 Å². The second kappa shape index (κ2) is 14.5. The van der Waals surface area contributed by atoms with Crippen LogP contribution in [0.15, 0.2) is 18.2 Å². The second-order valence-electron chi connectivity index (χ2n) is 6.83. The first kappa shape index (κ1) is 22.3. The monoisotopic (exact) mass is 363 g/mol. The van der Waals surface area contributed by atoms with Gasteiger partial charge in [-0.25, -0.2) is 0 Å². The van der Waals surface area contributed by atoms with Crippen LogP contribution in [-0.4, -0.2) is 26.7 Å². The number of hydrogen-bond acceptors (Lipinski definition) is 3. The number of benzene rings is 1. The van der Waals surface area contributed by atoms with Crippen molar-refractivity contribution in [3.8, 4) is 11.5 Å². The van der Waals surface area contributed by atoms with Gasteiger partial charge in [-0.1, -0.05) is 77.2 Å². The van der Waals surface area contributed by atoms with Crippen LogP contribution < -0.4 is 14.8 Å². The normalized spacial score (nSPS) is 10.6. The van der Waals surface area contributed by atoms with Crippen molar-refractivity contribution in [2.45, 2.75) is 77.6 Å². The molecule has 0 atom stereocenters. The number of carbonyl (C=O) groups is 1. The molecule has 0 saturated carbocycles. The summed E-state index contributed by atoms with van der Waals surface area (Å²) in [4.78, 5) is 12.4. The molecule has 0 bridgehead atoms. The summed E-state index contributed by atoms with van der Waals surface area (Å²) in [6.07, 6.45) is 14.3. The molecule has 0 aliphatic heterocycles. The topological polar surface area (TPSA) is 47.6 Å². The lowest BCUT2D eigenvalue weighted by Crippen LogP contribution is -2.25. The Hall–Kier alpha value is -1.71. The summed E-state index contributed by atoms with van der Waals surface area (Å²) in [5, 5.41) is 2.98. The van der Waals surface area contributed by atoms with Crippen molar-refractivity contribution in [2.75, 3.05) is 20.8 Å². The Morgan fingerprint density at radius 1 is 0.808 bits per heavy atom. The van der Waals surface area contributed by atoms with Crippen molar-refractivity contribution in [3.63, 3.8) is 0 Å². The van der Waals surface area contributed by atoms with Gasteiger partial charge in [-0.05, 0) is 18.6 Å². The van der Waals surface area contributed by atoms with Gasteiger partial charge in [0.2, 0.25) is 0 Å². The standard InChI is InChI=1S/C22H37NO3/c1-4-5-6-7-8-9-10-11-12-13-14-18-23-22(24)21-19(25-2)16-15-17-20(21)26-3/h15-17H,4-14,18H2,1-3H3,(H,23,24). The molecule has 1 rings (SSSR count). The summed E-state index contributed by atoms with van der Waals surface area (Å²) in [6, 6.07) is 5.37. The molecule has 0 heterocycles. The van der Waals surface area contributed by atoms with Gasteiger partial charge in [0.25, 0.3) is 5.91 Å². The molecule has 0 spiro atoms. The molecule has 26 heavy (non-hydrogen) atoms. The highest BCUT2D eigenvalue weighted by Gasteiger charge is 2.17. The minimum atomic E-state index is -0.133. The predicted octanol–water partition coefficient (Wildman–Crippen LogP) is 5.74. The van der Waals surface area contributed by atoms with Gasteiger partial charge in [0.1, 0.15) is 17.1 Å². The smallest absolute Gasteiger partial charge is 0.258 e. The minimum absolute atomic E-state index is 0.133. The molecule has 1 aromatic carbocycles. The van der Waals surface area contributed by atoms with Gasteiger partial charge in [0.15, 0.2) is 0 Å². The molecule has 0 unspecified atom stereocenters. The molecule has 1 amide bonds. The van der Waals surface area contributed by atoms with Crippen LogP contribution in [0.25, 0.3) is 0 Å². The van der Waals surface area contributed by atoms with Crippen LogP contribution in [0, 0.1) is 0 Å². The molecule has 0 fully saturated rings. The molecule has 0 radical (unpaired) electrons. The zero-order valence-corrected chi connectivity index (χ0v) is 16.9. The summed E-state index contributed by atoms with van der Waals surface area (Å²) >= 11 is 0. The molecule has 1 N–H and O–H groups in total. The van der Waals surface area contributed by atoms with Gasteiger partial charge in [-0.3, -0.25) is 4.79 Å². The third-order valence-electron chi connectivity index (χ3n) is 4.72. The lowest BCUT2D eigenvalue weighted by atomic mass is 10.1. The lowest BCUT2D eigenvalue weighted by molar-refractivity contribution is 0.0946. The van der Waals surface area contributed by atoms with Crippen LogP contribution in [0.5, 0.6) is 11.5 Å². The summed E-state index contributed by atoms with van der Waals surface area (Å²) in [6.45, 7) is 2.95. The first-order valence-corrected chi connectivity index (χ1v) is 10.2. The minimum Gasteiger partial charge on any atom is -0.496 e. The maximum atomic E-state index is 12.4. The average Bonchev–Trinajstić information content (AvgIpc) is 2.67. The van der Waals surface area contributed by atoms with E-state index in [2.05, 4.69) is 12.2 Å². The summed E-state index contributed by atoms with van der Waals surface area (Å²) in [5.41, 5.74) is 0.473. The van der Waals surface area contributed by atoms with E-state index in [1.54, 1.807) is 26.4 Å². The molecular formula is C22H37NO3. The van der Waals surface area contributed by atoms with Gasteiger partial charge < -0.3 is 14.8 Å². The van der Waals surface area contributed by atoms with Crippen LogP contribution in [0.3, 0.4) is 0 Å². The SMILES string of the molecule is CCCCCCCCCCCCCNC(=O)c1c(OC)cccc1OC. The number of amides is 1. The Balaban J connectivity index is 2.12. The zero-order valence-electron chi connectivity index (χ0n) is 16.9. The van der Waals surface area contributed by atoms with Gasteiger partial charge >= 0.3 is 0 Å². The molecule has 4 nitrogen and oxygen atoms in total. The first-order chi connectivity index (χ1) is 12.7. The maximum Gasteiger partial charge on any atom is 0.258 e. The van der Waals surface area contributed by atoms with Crippen LogP contribution in [0.2, 0.25) is 0 Å². The molecular weight excluding hydrogens is 326 g/mol. The fourth-order valence-electron chi connectivity index (χ4n) is 3.15. The van der Waals surface area contributed by atoms with E-state index in [0.717, 1.165) is 6.42 Å². The molecule has 1 aromatic rings. The average molecular weight is 364 g/mol. The summed E-state index contributed by atoms with van der Waals surface area (Å²) in [7, 11) is 3.13. The molecule has 0 saturated heterocycles. The third-order valence-corrected chi connectivity index (χ3v) is 4.72. The van der Waals surface area contributed by atoms with Crippen LogP contribution >= 0.6 is 0 Å². The zero-order chi connectivity index (χ0) is 19.0. The lowest BCUT2D eigenvalue weighted by Gasteiger charge is -2.13. The Labute approximate surface area is 159 Å². The maximum absolute atomic E-state index is 12.4. The van der Waals surface area contributed by atoms with Crippen molar-refractivity contribution in [2.24, 2.45) is 0 Å². The largest absolute Gasteiger partial charge is 0.496 e. The molecule has 0 aliphatic carbocycles. The highest BCUT2D eigenvalue weighted by molar-refractivity contribution is 5.99. The number of rotatable bonds is 15. The highest BCUT2D eigenvalue weighted by atomic mass is 16.5. The second-order valence-corrected chi connectivity index (χ2v) is 6.83. The van der Waals surface area contributed by atoms with E-state index in [-0.39, 0.29) is 5.91 Å². The van der Waals surface area contributed by atoms with Crippen molar-refractivity contribution in [3.05, 3.63) is 23.8 Å². The number of unbranched alkanes of at least 4 members (excludes halogenated alkanes) is 10. The quantitative estimate of drug-likeness (QED) is 0.404. The molecule has 4 heteroatoms. The number of methoxy groups -OCH3 is 2. The van der Waals surface area contributed by atoms with E-state index >= 15 is 0 Å². The summed E-state index contributed by atoms with van der Waals surface area (Å²) in [5.74, 6) is 0.952. The van der Waals surface area contributed by atoms with Gasteiger partial charge in [-0.2, -0.15) is 0 Å². The van der Waals surface area contributed by atoms with E-state index in [0.29, 0.717) is 23.6 Å². The van der Waals surface area contributed by atoms with E-state index in [9.17, 15) is 4.79 Å². The van der Waals surface area contributed by atoms with E-state index in [1.807, 2.05) is 6.07 Å². The summed E-state index contributed by atoms with van der Waals surface area (Å²) < 4.78 is 10.6. The van der Waals surface area contributed by atoms with Gasteiger partial charge in [-0.15, -0.1) is 0 Å². The van der Waals surface area contributed by atoms with E-state index in [4.69, 9.17) is 9.47 Å². The fraction of sp³-hybridized carbons (Fsp3) is 0.682. The van der Waals surface area contributed by atoms with Crippen molar-refractivity contribution in [1.82, 2.24) is 5.32 Å². The van der Waals surface area contributed by atoms with Gasteiger partial charge in [0.05, 0.1) is 14.2 Å². The third kappa shape index (κ3) is 8.59. The van der Waals surface area contributed by atoms with Crippen LogP contribution in [-0.2, 0) is 0 Å². The first-order valence-electron chi connectivity index (χ1n) is 10.2. The predicted molar refractivity (Wildman–Crippen MR) is 108 cm³/mol.